The zero-order valence-electron chi connectivity index (χ0n) is 7.90. The van der Waals surface area contributed by atoms with Crippen molar-refractivity contribution in [3.63, 3.8) is 0 Å². The first-order valence-corrected chi connectivity index (χ1v) is 4.50. The first kappa shape index (κ1) is 9.48. The summed E-state index contributed by atoms with van der Waals surface area (Å²) >= 11 is 0. The van der Waals surface area contributed by atoms with E-state index in [0.29, 0.717) is 5.69 Å². The van der Waals surface area contributed by atoms with E-state index in [4.69, 9.17) is 5.21 Å². The molecule has 0 saturated heterocycles. The van der Waals surface area contributed by atoms with Gasteiger partial charge in [0.05, 0.1) is 0 Å². The number of hydroxylamine groups is 1. The number of H-pyrrole nitrogens is 1. The maximum atomic E-state index is 11.1. The van der Waals surface area contributed by atoms with Crippen LogP contribution in [0.15, 0.2) is 42.5 Å². The highest BCUT2D eigenvalue weighted by molar-refractivity contribution is 5.92. The predicted molar refractivity (Wildman–Crippen MR) is 55.5 cm³/mol. The lowest BCUT2D eigenvalue weighted by Crippen LogP contribution is -2.18. The highest BCUT2D eigenvalue weighted by Gasteiger charge is 2.07. The molecule has 0 saturated carbocycles. The number of carbonyl (C=O) groups excluding carboxylic acids is 1. The van der Waals surface area contributed by atoms with Crippen molar-refractivity contribution in [2.75, 3.05) is 0 Å². The van der Waals surface area contributed by atoms with E-state index in [-0.39, 0.29) is 0 Å². The van der Waals surface area contributed by atoms with E-state index in [2.05, 4.69) is 4.98 Å². The molecule has 0 aliphatic heterocycles. The van der Waals surface area contributed by atoms with Gasteiger partial charge in [-0.15, -0.1) is 0 Å². The molecule has 15 heavy (non-hydrogen) atoms. The number of carbonyl (C=O) groups is 1. The Bertz CT molecular complexity index is 462. The Hall–Kier alpha value is -2.07. The van der Waals surface area contributed by atoms with Crippen molar-refractivity contribution < 1.29 is 10.0 Å². The minimum Gasteiger partial charge on any atom is -0.350 e. The summed E-state index contributed by atoms with van der Waals surface area (Å²) in [5.41, 5.74) is 3.74. The van der Waals surface area contributed by atoms with Crippen LogP contribution in [0.2, 0.25) is 0 Å². The second-order valence-corrected chi connectivity index (χ2v) is 3.09. The van der Waals surface area contributed by atoms with Crippen LogP contribution in [0.5, 0.6) is 0 Å². The van der Waals surface area contributed by atoms with Crippen molar-refractivity contribution in [2.45, 2.75) is 0 Å². The van der Waals surface area contributed by atoms with Crippen molar-refractivity contribution in [3.05, 3.63) is 48.2 Å². The Kier molecular flexibility index (Phi) is 2.51. The van der Waals surface area contributed by atoms with Crippen LogP contribution in [-0.4, -0.2) is 16.1 Å². The first-order chi connectivity index (χ1) is 7.31. The summed E-state index contributed by atoms with van der Waals surface area (Å²) in [5.74, 6) is -0.544. The van der Waals surface area contributed by atoms with Crippen LogP contribution in [0.25, 0.3) is 11.3 Å². The summed E-state index contributed by atoms with van der Waals surface area (Å²) in [6.45, 7) is 0. The Morgan fingerprint density at radius 3 is 2.53 bits per heavy atom. The lowest BCUT2D eigenvalue weighted by molar-refractivity contribution is 0.0701. The molecule has 0 fully saturated rings. The van der Waals surface area contributed by atoms with Crippen molar-refractivity contribution in [2.24, 2.45) is 0 Å². The van der Waals surface area contributed by atoms with E-state index in [1.807, 2.05) is 30.3 Å². The third-order valence-corrected chi connectivity index (χ3v) is 2.12. The Labute approximate surface area is 86.5 Å². The molecule has 0 bridgehead atoms. The number of benzene rings is 1. The zero-order valence-corrected chi connectivity index (χ0v) is 7.90. The molecule has 0 aliphatic rings. The third-order valence-electron chi connectivity index (χ3n) is 2.12. The molecule has 4 heteroatoms. The molecule has 1 amide bonds. The van der Waals surface area contributed by atoms with Gasteiger partial charge in [-0.2, -0.15) is 0 Å². The molecule has 0 spiro atoms. The number of aromatic amines is 1. The fourth-order valence-corrected chi connectivity index (χ4v) is 1.37. The minimum atomic E-state index is -0.544. The van der Waals surface area contributed by atoms with Gasteiger partial charge in [-0.3, -0.25) is 10.0 Å². The minimum absolute atomic E-state index is 0.330. The molecule has 2 aromatic rings. The molecule has 4 nitrogen and oxygen atoms in total. The normalized spacial score (nSPS) is 9.93. The zero-order chi connectivity index (χ0) is 10.7. The maximum Gasteiger partial charge on any atom is 0.291 e. The average Bonchev–Trinajstić information content (AvgIpc) is 2.78. The van der Waals surface area contributed by atoms with E-state index in [9.17, 15) is 4.79 Å². The fraction of sp³-hybridized carbons (Fsp3) is 0. The smallest absolute Gasteiger partial charge is 0.291 e. The van der Waals surface area contributed by atoms with E-state index in [1.165, 1.54) is 0 Å². The van der Waals surface area contributed by atoms with Crippen LogP contribution < -0.4 is 5.48 Å². The molecule has 1 heterocycles. The molecule has 1 aromatic heterocycles. The lowest BCUT2D eigenvalue weighted by atomic mass is 10.2. The standard InChI is InChI=1S/C11H10N2O2/c14-11(13-15)10-7-6-9(12-10)8-4-2-1-3-5-8/h1-7,12,15H,(H,13,14). The van der Waals surface area contributed by atoms with Crippen molar-refractivity contribution in [3.8, 4) is 11.3 Å². The second kappa shape index (κ2) is 3.98. The number of nitrogens with one attached hydrogen (secondary N) is 2. The molecule has 0 aliphatic carbocycles. The summed E-state index contributed by atoms with van der Waals surface area (Å²) in [7, 11) is 0. The van der Waals surface area contributed by atoms with Gasteiger partial charge in [-0.05, 0) is 17.7 Å². The van der Waals surface area contributed by atoms with Gasteiger partial charge in [0, 0.05) is 5.69 Å². The largest absolute Gasteiger partial charge is 0.350 e. The van der Waals surface area contributed by atoms with Gasteiger partial charge < -0.3 is 4.98 Å². The van der Waals surface area contributed by atoms with Gasteiger partial charge in [0.2, 0.25) is 0 Å². The second-order valence-electron chi connectivity index (χ2n) is 3.09. The van der Waals surface area contributed by atoms with Gasteiger partial charge in [0.15, 0.2) is 0 Å². The summed E-state index contributed by atoms with van der Waals surface area (Å²) in [6.07, 6.45) is 0. The molecule has 2 rings (SSSR count). The van der Waals surface area contributed by atoms with E-state index >= 15 is 0 Å². The molecule has 1 aromatic carbocycles. The van der Waals surface area contributed by atoms with E-state index in [0.717, 1.165) is 11.3 Å². The van der Waals surface area contributed by atoms with Crippen LogP contribution in [0.4, 0.5) is 0 Å². The molecule has 3 N–H and O–H groups in total. The molecular formula is C11H10N2O2. The molecule has 0 radical (unpaired) electrons. The molecule has 76 valence electrons. The van der Waals surface area contributed by atoms with Crippen LogP contribution >= 0.6 is 0 Å². The molecular weight excluding hydrogens is 192 g/mol. The SMILES string of the molecule is O=C(NO)c1ccc(-c2ccccc2)[nH]1. The van der Waals surface area contributed by atoms with Crippen LogP contribution in [0.1, 0.15) is 10.5 Å². The van der Waals surface area contributed by atoms with Gasteiger partial charge >= 0.3 is 0 Å². The number of hydrogen-bond donors (Lipinski definition) is 3. The van der Waals surface area contributed by atoms with Gasteiger partial charge in [0.25, 0.3) is 5.91 Å². The van der Waals surface area contributed by atoms with Crippen molar-refractivity contribution >= 4 is 5.91 Å². The van der Waals surface area contributed by atoms with Crippen LogP contribution in [0, 0.1) is 0 Å². The summed E-state index contributed by atoms with van der Waals surface area (Å²) in [5, 5.41) is 8.45. The van der Waals surface area contributed by atoms with Crippen LogP contribution in [-0.2, 0) is 0 Å². The van der Waals surface area contributed by atoms with Gasteiger partial charge in [-0.1, -0.05) is 30.3 Å². The Balaban J connectivity index is 2.32. The molecule has 0 unspecified atom stereocenters. The highest BCUT2D eigenvalue weighted by atomic mass is 16.5. The van der Waals surface area contributed by atoms with E-state index in [1.54, 1.807) is 17.6 Å². The van der Waals surface area contributed by atoms with Crippen LogP contribution in [0.3, 0.4) is 0 Å². The summed E-state index contributed by atoms with van der Waals surface area (Å²) in [6, 6.07) is 13.0. The quantitative estimate of drug-likeness (QED) is 0.513. The highest BCUT2D eigenvalue weighted by Crippen LogP contribution is 2.17. The number of aromatic nitrogens is 1. The lowest BCUT2D eigenvalue weighted by Gasteiger charge is -1.97. The maximum absolute atomic E-state index is 11.1. The summed E-state index contributed by atoms with van der Waals surface area (Å²) < 4.78 is 0. The number of hydrogen-bond acceptors (Lipinski definition) is 2. The monoisotopic (exact) mass is 202 g/mol. The van der Waals surface area contributed by atoms with Gasteiger partial charge in [0.1, 0.15) is 5.69 Å². The van der Waals surface area contributed by atoms with Crippen molar-refractivity contribution in [1.82, 2.24) is 10.5 Å². The Morgan fingerprint density at radius 1 is 1.13 bits per heavy atom. The Morgan fingerprint density at radius 2 is 1.87 bits per heavy atom. The first-order valence-electron chi connectivity index (χ1n) is 4.50. The average molecular weight is 202 g/mol. The van der Waals surface area contributed by atoms with E-state index < -0.39 is 5.91 Å². The third kappa shape index (κ3) is 1.89. The summed E-state index contributed by atoms with van der Waals surface area (Å²) in [4.78, 5) is 14.0. The number of rotatable bonds is 2. The molecule has 0 atom stereocenters. The van der Waals surface area contributed by atoms with Crippen molar-refractivity contribution in [1.29, 1.82) is 0 Å². The number of amides is 1. The predicted octanol–water partition coefficient (Wildman–Crippen LogP) is 1.80. The van der Waals surface area contributed by atoms with Gasteiger partial charge in [-0.25, -0.2) is 5.48 Å². The fourth-order valence-electron chi connectivity index (χ4n) is 1.37. The topological polar surface area (TPSA) is 65.1 Å².